The maximum absolute atomic E-state index is 12.5. The lowest BCUT2D eigenvalue weighted by Gasteiger charge is -2.25. The van der Waals surface area contributed by atoms with Gasteiger partial charge in [0.25, 0.3) is 0 Å². The first-order chi connectivity index (χ1) is 14.3. The van der Waals surface area contributed by atoms with Gasteiger partial charge in [0.05, 0.1) is 12.5 Å². The average Bonchev–Trinajstić information content (AvgIpc) is 2.65. The van der Waals surface area contributed by atoms with Gasteiger partial charge in [0.1, 0.15) is 18.1 Å². The lowest BCUT2D eigenvalue weighted by molar-refractivity contribution is -0.143. The highest BCUT2D eigenvalue weighted by molar-refractivity contribution is 7.80. The molecule has 0 aliphatic rings. The third-order valence-corrected chi connectivity index (χ3v) is 4.45. The molecule has 0 spiro atoms. The maximum atomic E-state index is 12.5. The molecule has 31 heavy (non-hydrogen) atoms. The van der Waals surface area contributed by atoms with Crippen molar-refractivity contribution < 1.29 is 39.0 Å². The summed E-state index contributed by atoms with van der Waals surface area (Å²) >= 11 is 3.95. The molecule has 0 aromatic carbocycles. The van der Waals surface area contributed by atoms with E-state index in [4.69, 9.17) is 16.6 Å². The van der Waals surface area contributed by atoms with Crippen LogP contribution in [0.15, 0.2) is 0 Å². The summed E-state index contributed by atoms with van der Waals surface area (Å²) < 4.78 is 0. The lowest BCUT2D eigenvalue weighted by Crippen LogP contribution is -2.58. The van der Waals surface area contributed by atoms with Gasteiger partial charge in [-0.25, -0.2) is 4.79 Å². The van der Waals surface area contributed by atoms with Crippen LogP contribution in [0, 0.1) is 5.92 Å². The molecule has 0 saturated heterocycles. The van der Waals surface area contributed by atoms with Crippen molar-refractivity contribution in [1.29, 1.82) is 0 Å². The summed E-state index contributed by atoms with van der Waals surface area (Å²) in [4.78, 5) is 70.1. The summed E-state index contributed by atoms with van der Waals surface area (Å²) in [5.41, 5.74) is 10.5. The fourth-order valence-corrected chi connectivity index (χ4v) is 2.61. The number of carboxylic acids is 2. The molecule has 0 aliphatic carbocycles. The minimum Gasteiger partial charge on any atom is -0.481 e. The number of hydrogen-bond donors (Lipinski definition) is 8. The Morgan fingerprint density at radius 2 is 1.42 bits per heavy atom. The fourth-order valence-electron chi connectivity index (χ4n) is 2.35. The van der Waals surface area contributed by atoms with Crippen molar-refractivity contribution in [3.8, 4) is 0 Å². The first kappa shape index (κ1) is 28.1. The Morgan fingerprint density at radius 1 is 0.903 bits per heavy atom. The van der Waals surface area contributed by atoms with Crippen molar-refractivity contribution >= 4 is 48.2 Å². The first-order valence-corrected chi connectivity index (χ1v) is 9.93. The highest BCUT2D eigenvalue weighted by Gasteiger charge is 2.31. The Balaban J connectivity index is 5.33. The number of nitrogens with one attached hydrogen (secondary N) is 3. The summed E-state index contributed by atoms with van der Waals surface area (Å²) in [6, 6.07) is -5.26. The lowest BCUT2D eigenvalue weighted by atomic mass is 10.0. The van der Waals surface area contributed by atoms with Gasteiger partial charge in [-0.15, -0.1) is 0 Å². The van der Waals surface area contributed by atoms with Gasteiger partial charge >= 0.3 is 11.9 Å². The normalized spacial score (nSPS) is 14.6. The number of aliphatic carboxylic acids is 2. The van der Waals surface area contributed by atoms with Crippen LogP contribution in [0.4, 0.5) is 0 Å². The first-order valence-electron chi connectivity index (χ1n) is 9.30. The Hall–Kier alpha value is -2.87. The third-order valence-electron chi connectivity index (χ3n) is 4.09. The molecule has 0 heterocycles. The number of carbonyl (C=O) groups excluding carboxylic acids is 4. The molecule has 9 N–H and O–H groups in total. The van der Waals surface area contributed by atoms with Crippen molar-refractivity contribution in [2.24, 2.45) is 17.4 Å². The van der Waals surface area contributed by atoms with E-state index in [2.05, 4.69) is 28.6 Å². The van der Waals surface area contributed by atoms with E-state index in [1.54, 1.807) is 13.8 Å². The zero-order valence-electron chi connectivity index (χ0n) is 17.2. The smallest absolute Gasteiger partial charge is 0.326 e. The summed E-state index contributed by atoms with van der Waals surface area (Å²) in [7, 11) is 0. The van der Waals surface area contributed by atoms with Crippen LogP contribution in [0.25, 0.3) is 0 Å². The van der Waals surface area contributed by atoms with E-state index in [1.807, 2.05) is 0 Å². The largest absolute Gasteiger partial charge is 0.481 e. The number of carbonyl (C=O) groups is 6. The van der Waals surface area contributed by atoms with Crippen LogP contribution < -0.4 is 27.4 Å². The average molecular weight is 464 g/mol. The molecule has 0 bridgehead atoms. The number of amides is 4. The van der Waals surface area contributed by atoms with Crippen LogP contribution in [-0.4, -0.2) is 75.7 Å². The van der Waals surface area contributed by atoms with Gasteiger partial charge in [-0.05, 0) is 12.3 Å². The summed E-state index contributed by atoms with van der Waals surface area (Å²) in [6.07, 6.45) is -1.16. The van der Waals surface area contributed by atoms with E-state index in [1.165, 1.54) is 0 Å². The van der Waals surface area contributed by atoms with Crippen LogP contribution >= 0.6 is 12.6 Å². The quantitative estimate of drug-likeness (QED) is 0.124. The van der Waals surface area contributed by atoms with E-state index in [0.29, 0.717) is 0 Å². The molecule has 176 valence electrons. The summed E-state index contributed by atoms with van der Waals surface area (Å²) in [5, 5.41) is 24.7. The van der Waals surface area contributed by atoms with Crippen molar-refractivity contribution in [2.45, 2.75) is 57.3 Å². The van der Waals surface area contributed by atoms with Crippen LogP contribution in [0.5, 0.6) is 0 Å². The van der Waals surface area contributed by atoms with Gasteiger partial charge in [-0.2, -0.15) is 12.6 Å². The second kappa shape index (κ2) is 13.4. The van der Waals surface area contributed by atoms with Crippen LogP contribution in [-0.2, 0) is 28.8 Å². The zero-order valence-corrected chi connectivity index (χ0v) is 18.1. The van der Waals surface area contributed by atoms with E-state index in [9.17, 15) is 33.9 Å². The molecular weight excluding hydrogens is 434 g/mol. The number of primary amides is 1. The number of rotatable bonds is 14. The molecule has 4 atom stereocenters. The van der Waals surface area contributed by atoms with Crippen LogP contribution in [0.3, 0.4) is 0 Å². The van der Waals surface area contributed by atoms with Gasteiger partial charge in [-0.3, -0.25) is 24.0 Å². The van der Waals surface area contributed by atoms with Gasteiger partial charge < -0.3 is 37.6 Å². The van der Waals surface area contributed by atoms with Crippen molar-refractivity contribution in [3.63, 3.8) is 0 Å². The molecule has 0 saturated carbocycles. The van der Waals surface area contributed by atoms with Crippen LogP contribution in [0.2, 0.25) is 0 Å². The molecule has 0 rings (SSSR count). The van der Waals surface area contributed by atoms with Gasteiger partial charge in [-0.1, -0.05) is 13.8 Å². The highest BCUT2D eigenvalue weighted by Crippen LogP contribution is 2.05. The predicted octanol–water partition coefficient (Wildman–Crippen LogP) is -2.82. The van der Waals surface area contributed by atoms with E-state index < -0.39 is 72.1 Å². The van der Waals surface area contributed by atoms with Crippen molar-refractivity contribution in [2.75, 3.05) is 5.75 Å². The van der Waals surface area contributed by atoms with E-state index in [0.717, 1.165) is 0 Å². The zero-order chi connectivity index (χ0) is 24.3. The standard InChI is InChI=1S/C17H29N5O8S/c1-7(2)13(17(29)30)22-15(27)9(3-4-11(19)23)20-16(28)10(6-31)21-14(26)8(18)5-12(24)25/h7-10,13,31H,3-6,18H2,1-2H3,(H2,19,23)(H,20,28)(H,21,26)(H,22,27)(H,24,25)(H,29,30). The summed E-state index contributed by atoms with van der Waals surface area (Å²) in [6.45, 7) is 3.14. The van der Waals surface area contributed by atoms with Crippen LogP contribution in [0.1, 0.15) is 33.1 Å². The number of thiol groups is 1. The highest BCUT2D eigenvalue weighted by atomic mass is 32.1. The topological polar surface area (TPSA) is 231 Å². The predicted molar refractivity (Wildman–Crippen MR) is 111 cm³/mol. The SMILES string of the molecule is CC(C)C(NC(=O)C(CCC(N)=O)NC(=O)C(CS)NC(=O)C(N)CC(=O)O)C(=O)O. The monoisotopic (exact) mass is 463 g/mol. The molecule has 0 aromatic heterocycles. The number of hydrogen-bond acceptors (Lipinski definition) is 8. The number of carboxylic acid groups (broad SMARTS) is 2. The van der Waals surface area contributed by atoms with Gasteiger partial charge in [0.2, 0.25) is 23.6 Å². The Bertz CT molecular complexity index is 702. The summed E-state index contributed by atoms with van der Waals surface area (Å²) in [5.74, 6) is -6.66. The molecule has 0 aromatic rings. The van der Waals surface area contributed by atoms with Gasteiger partial charge in [0.15, 0.2) is 0 Å². The maximum Gasteiger partial charge on any atom is 0.326 e. The molecule has 4 amide bonds. The molecule has 13 nitrogen and oxygen atoms in total. The minimum absolute atomic E-state index is 0.217. The molecule has 0 radical (unpaired) electrons. The Morgan fingerprint density at radius 3 is 1.84 bits per heavy atom. The molecule has 0 aliphatic heterocycles. The fraction of sp³-hybridized carbons (Fsp3) is 0.647. The molecule has 0 fully saturated rings. The molecule has 14 heteroatoms. The number of nitrogens with two attached hydrogens (primary N) is 2. The Kier molecular flexibility index (Phi) is 12.2. The van der Waals surface area contributed by atoms with Crippen molar-refractivity contribution in [1.82, 2.24) is 16.0 Å². The second-order valence-electron chi connectivity index (χ2n) is 7.08. The Labute approximate surface area is 184 Å². The van der Waals surface area contributed by atoms with E-state index >= 15 is 0 Å². The molecule has 4 unspecified atom stereocenters. The second-order valence-corrected chi connectivity index (χ2v) is 7.45. The minimum atomic E-state index is -1.41. The van der Waals surface area contributed by atoms with E-state index in [-0.39, 0.29) is 18.6 Å². The third kappa shape index (κ3) is 10.6. The molecular formula is C17H29N5O8S. The van der Waals surface area contributed by atoms with Crippen molar-refractivity contribution in [3.05, 3.63) is 0 Å². The van der Waals surface area contributed by atoms with Gasteiger partial charge in [0, 0.05) is 12.2 Å².